The lowest BCUT2D eigenvalue weighted by molar-refractivity contribution is 0.394. The molecule has 1 fully saturated rings. The fraction of sp³-hybridized carbons (Fsp3) is 0.857. The molecule has 0 aromatic rings. The maximum atomic E-state index is 3.33. The third-order valence-electron chi connectivity index (χ3n) is 3.65. The van der Waals surface area contributed by atoms with Gasteiger partial charge in [0.15, 0.2) is 0 Å². The third kappa shape index (κ3) is 4.38. The highest BCUT2D eigenvalue weighted by molar-refractivity contribution is 5.11. The Hall–Kier alpha value is -0.300. The van der Waals surface area contributed by atoms with Crippen LogP contribution in [0.4, 0.5) is 0 Å². The Balaban J connectivity index is 2.58. The van der Waals surface area contributed by atoms with E-state index in [-0.39, 0.29) is 0 Å². The van der Waals surface area contributed by atoms with Crippen molar-refractivity contribution in [3.63, 3.8) is 0 Å². The minimum atomic E-state index is 0.746. The second kappa shape index (κ2) is 7.05. The van der Waals surface area contributed by atoms with Crippen LogP contribution in [0.25, 0.3) is 0 Å². The van der Waals surface area contributed by atoms with Gasteiger partial charge in [0.2, 0.25) is 0 Å². The fourth-order valence-corrected chi connectivity index (χ4v) is 2.50. The number of hydrogen-bond acceptors (Lipinski definition) is 1. The average Bonchev–Trinajstić information content (AvgIpc) is 2.29. The van der Waals surface area contributed by atoms with Crippen molar-refractivity contribution >= 4 is 0 Å². The molecule has 1 nitrogen and oxygen atoms in total. The highest BCUT2D eigenvalue weighted by atomic mass is 14.8. The van der Waals surface area contributed by atoms with Crippen LogP contribution in [0.1, 0.15) is 52.4 Å². The van der Waals surface area contributed by atoms with Gasteiger partial charge < -0.3 is 5.32 Å². The molecule has 1 aliphatic carbocycles. The van der Waals surface area contributed by atoms with Gasteiger partial charge in [-0.15, -0.1) is 0 Å². The Kier molecular flexibility index (Phi) is 6.00. The van der Waals surface area contributed by atoms with Gasteiger partial charge in [-0.3, -0.25) is 0 Å². The van der Waals surface area contributed by atoms with Gasteiger partial charge in [0.25, 0.3) is 0 Å². The summed E-state index contributed by atoms with van der Waals surface area (Å²) in [4.78, 5) is 0. The highest BCUT2D eigenvalue weighted by Crippen LogP contribution is 2.30. The van der Waals surface area contributed by atoms with E-state index in [1.54, 1.807) is 5.57 Å². The van der Waals surface area contributed by atoms with Gasteiger partial charge >= 0.3 is 0 Å². The largest absolute Gasteiger partial charge is 0.316 e. The molecule has 0 aromatic heterocycles. The molecule has 1 aliphatic rings. The smallest absolute Gasteiger partial charge is 0.0164 e. The van der Waals surface area contributed by atoms with Gasteiger partial charge in [0.1, 0.15) is 0 Å². The van der Waals surface area contributed by atoms with E-state index < -0.39 is 0 Å². The summed E-state index contributed by atoms with van der Waals surface area (Å²) >= 11 is 0. The first-order chi connectivity index (χ1) is 7.27. The first-order valence-corrected chi connectivity index (χ1v) is 6.63. The van der Waals surface area contributed by atoms with Crippen molar-refractivity contribution in [2.45, 2.75) is 52.4 Å². The zero-order valence-corrected chi connectivity index (χ0v) is 10.7. The molecule has 1 rings (SSSR count). The van der Waals surface area contributed by atoms with Crippen molar-refractivity contribution in [1.82, 2.24) is 5.32 Å². The van der Waals surface area contributed by atoms with Crippen molar-refractivity contribution in [3.05, 3.63) is 11.6 Å². The van der Waals surface area contributed by atoms with E-state index in [0.29, 0.717) is 0 Å². The molecule has 1 saturated carbocycles. The van der Waals surface area contributed by atoms with Crippen molar-refractivity contribution in [1.29, 1.82) is 0 Å². The van der Waals surface area contributed by atoms with Gasteiger partial charge in [-0.1, -0.05) is 51.2 Å². The molecule has 1 heteroatoms. The fourth-order valence-electron chi connectivity index (χ4n) is 2.50. The SMILES string of the molecule is CCC(C)/C=C(/CNC)C1CCCCC1. The number of nitrogens with one attached hydrogen (secondary N) is 1. The van der Waals surface area contributed by atoms with Crippen molar-refractivity contribution in [3.8, 4) is 0 Å². The van der Waals surface area contributed by atoms with Crippen molar-refractivity contribution < 1.29 is 0 Å². The van der Waals surface area contributed by atoms with Crippen LogP contribution in [0.2, 0.25) is 0 Å². The molecule has 1 N–H and O–H groups in total. The number of hydrogen-bond donors (Lipinski definition) is 1. The summed E-state index contributed by atoms with van der Waals surface area (Å²) in [7, 11) is 2.06. The topological polar surface area (TPSA) is 12.0 Å². The Morgan fingerprint density at radius 1 is 1.33 bits per heavy atom. The molecule has 0 aromatic carbocycles. The first-order valence-electron chi connectivity index (χ1n) is 6.63. The quantitative estimate of drug-likeness (QED) is 0.680. The normalized spacial score (nSPS) is 21.7. The molecule has 0 amide bonds. The Morgan fingerprint density at radius 2 is 2.00 bits per heavy atom. The highest BCUT2D eigenvalue weighted by Gasteiger charge is 2.17. The number of rotatable bonds is 5. The molecule has 1 atom stereocenters. The zero-order chi connectivity index (χ0) is 11.1. The first kappa shape index (κ1) is 12.8. The van der Waals surface area contributed by atoms with E-state index in [0.717, 1.165) is 18.4 Å². The standard InChI is InChI=1S/C14H27N/c1-4-12(2)10-14(11-15-3)13-8-6-5-7-9-13/h10,12-13,15H,4-9,11H2,1-3H3/b14-10-. The van der Waals surface area contributed by atoms with Gasteiger partial charge in [0, 0.05) is 6.54 Å². The molecule has 15 heavy (non-hydrogen) atoms. The van der Waals surface area contributed by atoms with Crippen molar-refractivity contribution in [2.75, 3.05) is 13.6 Å². The van der Waals surface area contributed by atoms with Gasteiger partial charge in [-0.05, 0) is 31.7 Å². The van der Waals surface area contributed by atoms with Crippen molar-refractivity contribution in [2.24, 2.45) is 11.8 Å². The summed E-state index contributed by atoms with van der Waals surface area (Å²) in [5, 5.41) is 3.33. The van der Waals surface area contributed by atoms with E-state index in [9.17, 15) is 0 Å². The molecule has 0 aliphatic heterocycles. The lowest BCUT2D eigenvalue weighted by Crippen LogP contribution is -2.19. The van der Waals surface area contributed by atoms with E-state index >= 15 is 0 Å². The molecule has 0 saturated heterocycles. The predicted molar refractivity (Wildman–Crippen MR) is 68.0 cm³/mol. The molecule has 0 spiro atoms. The maximum absolute atomic E-state index is 3.33. The van der Waals surface area contributed by atoms with Crippen LogP contribution in [0.5, 0.6) is 0 Å². The molecule has 1 unspecified atom stereocenters. The summed E-state index contributed by atoms with van der Waals surface area (Å²) in [5.74, 6) is 1.62. The zero-order valence-electron chi connectivity index (χ0n) is 10.7. The molecular formula is C14H27N. The van der Waals surface area contributed by atoms with Crippen LogP contribution < -0.4 is 5.32 Å². The lowest BCUT2D eigenvalue weighted by atomic mass is 9.82. The van der Waals surface area contributed by atoms with Crippen LogP contribution in [0.15, 0.2) is 11.6 Å². The molecule has 0 bridgehead atoms. The second-order valence-electron chi connectivity index (χ2n) is 4.99. The monoisotopic (exact) mass is 209 g/mol. The average molecular weight is 209 g/mol. The Bertz CT molecular complexity index is 190. The molecular weight excluding hydrogens is 182 g/mol. The molecule has 0 heterocycles. The van der Waals surface area contributed by atoms with Gasteiger partial charge in [0.05, 0.1) is 0 Å². The van der Waals surface area contributed by atoms with Crippen LogP contribution >= 0.6 is 0 Å². The van der Waals surface area contributed by atoms with E-state index in [4.69, 9.17) is 0 Å². The van der Waals surface area contributed by atoms with E-state index in [1.165, 1.54) is 38.5 Å². The summed E-state index contributed by atoms with van der Waals surface area (Å²) in [6.07, 6.45) is 10.9. The number of likely N-dealkylation sites (N-methyl/N-ethyl adjacent to an activating group) is 1. The maximum Gasteiger partial charge on any atom is 0.0164 e. The van der Waals surface area contributed by atoms with Crippen LogP contribution in [0, 0.1) is 11.8 Å². The number of allylic oxidation sites excluding steroid dienone is 1. The summed E-state index contributed by atoms with van der Waals surface area (Å²) in [6.45, 7) is 5.70. The minimum Gasteiger partial charge on any atom is -0.316 e. The van der Waals surface area contributed by atoms with Gasteiger partial charge in [-0.25, -0.2) is 0 Å². The van der Waals surface area contributed by atoms with Gasteiger partial charge in [-0.2, -0.15) is 0 Å². The van der Waals surface area contributed by atoms with E-state index in [1.807, 2.05) is 0 Å². The Labute approximate surface area is 95.3 Å². The summed E-state index contributed by atoms with van der Waals surface area (Å²) < 4.78 is 0. The summed E-state index contributed by atoms with van der Waals surface area (Å²) in [6, 6.07) is 0. The van der Waals surface area contributed by atoms with Crippen LogP contribution in [-0.4, -0.2) is 13.6 Å². The minimum absolute atomic E-state index is 0.746. The Morgan fingerprint density at radius 3 is 2.53 bits per heavy atom. The second-order valence-corrected chi connectivity index (χ2v) is 4.99. The predicted octanol–water partition coefficient (Wildman–Crippen LogP) is 3.76. The van der Waals surface area contributed by atoms with E-state index in [2.05, 4.69) is 32.3 Å². The van der Waals surface area contributed by atoms with Crippen LogP contribution in [0.3, 0.4) is 0 Å². The third-order valence-corrected chi connectivity index (χ3v) is 3.65. The molecule has 88 valence electrons. The van der Waals surface area contributed by atoms with Crippen LogP contribution in [-0.2, 0) is 0 Å². The summed E-state index contributed by atoms with van der Waals surface area (Å²) in [5.41, 5.74) is 1.67. The lowest BCUT2D eigenvalue weighted by Gasteiger charge is -2.25. The molecule has 0 radical (unpaired) electrons.